The van der Waals surface area contributed by atoms with Gasteiger partial charge in [0.25, 0.3) is 0 Å². The molecule has 0 spiro atoms. The van der Waals surface area contributed by atoms with E-state index in [2.05, 4.69) is 18.7 Å². The molecule has 2 aliphatic rings. The van der Waals surface area contributed by atoms with Crippen molar-refractivity contribution in [3.05, 3.63) is 11.6 Å². The Labute approximate surface area is 74.5 Å². The highest BCUT2D eigenvalue weighted by atomic mass is 32.1. The Kier molecular flexibility index (Phi) is 2.26. The van der Waals surface area contributed by atoms with Gasteiger partial charge < -0.3 is 0 Å². The summed E-state index contributed by atoms with van der Waals surface area (Å²) in [5, 5.41) is 0.606. The van der Waals surface area contributed by atoms with Crippen LogP contribution in [0.2, 0.25) is 0 Å². The summed E-state index contributed by atoms with van der Waals surface area (Å²) in [6, 6.07) is 0. The van der Waals surface area contributed by atoms with Gasteiger partial charge in [0.05, 0.1) is 0 Å². The van der Waals surface area contributed by atoms with E-state index in [1.807, 2.05) is 0 Å². The molecule has 1 fully saturated rings. The zero-order valence-electron chi connectivity index (χ0n) is 6.92. The van der Waals surface area contributed by atoms with Crippen LogP contribution in [-0.4, -0.2) is 5.25 Å². The molecule has 2 aliphatic carbocycles. The molecule has 1 saturated carbocycles. The van der Waals surface area contributed by atoms with Crippen molar-refractivity contribution in [2.45, 2.75) is 43.8 Å². The molecule has 0 nitrogen and oxygen atoms in total. The van der Waals surface area contributed by atoms with Crippen molar-refractivity contribution in [2.24, 2.45) is 5.92 Å². The molecule has 2 rings (SSSR count). The van der Waals surface area contributed by atoms with Crippen LogP contribution in [0.25, 0.3) is 0 Å². The lowest BCUT2D eigenvalue weighted by Crippen LogP contribution is -2.21. The van der Waals surface area contributed by atoms with Crippen LogP contribution in [0.15, 0.2) is 11.6 Å². The number of allylic oxidation sites excluding steroid dienone is 1. The summed E-state index contributed by atoms with van der Waals surface area (Å²) in [6.45, 7) is 0. The highest BCUT2D eigenvalue weighted by molar-refractivity contribution is 7.81. The second-order valence-corrected chi connectivity index (χ2v) is 4.40. The van der Waals surface area contributed by atoms with Crippen molar-refractivity contribution in [2.75, 3.05) is 0 Å². The predicted octanol–water partition coefficient (Wildman–Crippen LogP) is 3.20. The third-order valence-electron chi connectivity index (χ3n) is 3.02. The van der Waals surface area contributed by atoms with Gasteiger partial charge >= 0.3 is 0 Å². The maximum absolute atomic E-state index is 4.62. The second-order valence-electron chi connectivity index (χ2n) is 3.78. The van der Waals surface area contributed by atoms with E-state index in [1.54, 1.807) is 5.57 Å². The molecule has 0 heterocycles. The third-order valence-corrected chi connectivity index (χ3v) is 3.58. The lowest BCUT2D eigenvalue weighted by atomic mass is 9.77. The summed E-state index contributed by atoms with van der Waals surface area (Å²) in [5.74, 6) is 0.917. The van der Waals surface area contributed by atoms with Crippen LogP contribution in [0.3, 0.4) is 0 Å². The molecule has 62 valence electrons. The summed E-state index contributed by atoms with van der Waals surface area (Å²) >= 11 is 4.62. The summed E-state index contributed by atoms with van der Waals surface area (Å²) in [5.41, 5.74) is 1.67. The van der Waals surface area contributed by atoms with E-state index in [1.165, 1.54) is 38.5 Å². The molecule has 0 aromatic rings. The largest absolute Gasteiger partial charge is 0.171 e. The van der Waals surface area contributed by atoms with Crippen LogP contribution < -0.4 is 0 Å². The summed E-state index contributed by atoms with van der Waals surface area (Å²) in [6.07, 6.45) is 10.7. The average molecular weight is 168 g/mol. The summed E-state index contributed by atoms with van der Waals surface area (Å²) in [4.78, 5) is 0. The zero-order chi connectivity index (χ0) is 7.68. The van der Waals surface area contributed by atoms with Crippen LogP contribution in [0.1, 0.15) is 38.5 Å². The maximum atomic E-state index is 4.62. The molecule has 2 unspecified atom stereocenters. The molecule has 0 saturated heterocycles. The van der Waals surface area contributed by atoms with Crippen molar-refractivity contribution in [3.8, 4) is 0 Å². The van der Waals surface area contributed by atoms with Gasteiger partial charge in [0.2, 0.25) is 0 Å². The smallest absolute Gasteiger partial charge is 0.0229 e. The topological polar surface area (TPSA) is 0 Å². The minimum atomic E-state index is 0.606. The highest BCUT2D eigenvalue weighted by Gasteiger charge is 2.26. The van der Waals surface area contributed by atoms with E-state index in [0.717, 1.165) is 5.92 Å². The van der Waals surface area contributed by atoms with Crippen molar-refractivity contribution >= 4 is 12.6 Å². The monoisotopic (exact) mass is 168 g/mol. The first-order valence-corrected chi connectivity index (χ1v) is 5.27. The SMILES string of the molecule is SC1CCCC2CCCC=C12. The van der Waals surface area contributed by atoms with Crippen LogP contribution in [-0.2, 0) is 0 Å². The summed E-state index contributed by atoms with van der Waals surface area (Å²) in [7, 11) is 0. The Bertz CT molecular complexity index is 172. The van der Waals surface area contributed by atoms with Crippen molar-refractivity contribution < 1.29 is 0 Å². The lowest BCUT2D eigenvalue weighted by Gasteiger charge is -2.32. The van der Waals surface area contributed by atoms with Gasteiger partial charge in [-0.2, -0.15) is 12.6 Å². The molecule has 0 aromatic carbocycles. The predicted molar refractivity (Wildman–Crippen MR) is 52.0 cm³/mol. The zero-order valence-corrected chi connectivity index (χ0v) is 7.82. The number of fused-ring (bicyclic) bond motifs is 1. The van der Waals surface area contributed by atoms with Crippen LogP contribution in [0, 0.1) is 5.92 Å². The van der Waals surface area contributed by atoms with Gasteiger partial charge in [-0.3, -0.25) is 0 Å². The molecule has 0 radical (unpaired) electrons. The van der Waals surface area contributed by atoms with Gasteiger partial charge in [0.1, 0.15) is 0 Å². The van der Waals surface area contributed by atoms with Crippen LogP contribution in [0.5, 0.6) is 0 Å². The fourth-order valence-electron chi connectivity index (χ4n) is 2.41. The van der Waals surface area contributed by atoms with Gasteiger partial charge in [-0.15, -0.1) is 0 Å². The molecular weight excluding hydrogens is 152 g/mol. The van der Waals surface area contributed by atoms with Crippen molar-refractivity contribution in [1.82, 2.24) is 0 Å². The number of hydrogen-bond donors (Lipinski definition) is 1. The second kappa shape index (κ2) is 3.22. The van der Waals surface area contributed by atoms with Gasteiger partial charge in [-0.1, -0.05) is 18.1 Å². The quantitative estimate of drug-likeness (QED) is 0.417. The van der Waals surface area contributed by atoms with Gasteiger partial charge in [0.15, 0.2) is 0 Å². The van der Waals surface area contributed by atoms with E-state index in [9.17, 15) is 0 Å². The van der Waals surface area contributed by atoms with Crippen molar-refractivity contribution in [3.63, 3.8) is 0 Å². The first kappa shape index (κ1) is 7.72. The highest BCUT2D eigenvalue weighted by Crippen LogP contribution is 2.38. The van der Waals surface area contributed by atoms with E-state index in [4.69, 9.17) is 0 Å². The molecule has 1 heteroatoms. The number of hydrogen-bond acceptors (Lipinski definition) is 1. The summed E-state index contributed by atoms with van der Waals surface area (Å²) < 4.78 is 0. The lowest BCUT2D eigenvalue weighted by molar-refractivity contribution is 0.407. The fraction of sp³-hybridized carbons (Fsp3) is 0.800. The molecule has 11 heavy (non-hydrogen) atoms. The standard InChI is InChI=1S/C10H16S/c11-10-7-3-5-8-4-1-2-6-9(8)10/h6,8,10-11H,1-5,7H2. The molecule has 2 atom stereocenters. The van der Waals surface area contributed by atoms with Gasteiger partial charge in [-0.25, -0.2) is 0 Å². The Balaban J connectivity index is 2.14. The van der Waals surface area contributed by atoms with Crippen molar-refractivity contribution in [1.29, 1.82) is 0 Å². The average Bonchev–Trinajstić information content (AvgIpc) is 2.06. The minimum absolute atomic E-state index is 0.606. The Hall–Kier alpha value is 0.0900. The molecule has 0 N–H and O–H groups in total. The first-order chi connectivity index (χ1) is 5.38. The normalized spacial score (nSPS) is 37.7. The maximum Gasteiger partial charge on any atom is 0.0229 e. The molecule has 0 amide bonds. The van der Waals surface area contributed by atoms with E-state index >= 15 is 0 Å². The Morgan fingerprint density at radius 1 is 1.18 bits per heavy atom. The van der Waals surface area contributed by atoms with E-state index < -0.39 is 0 Å². The number of rotatable bonds is 0. The molecule has 0 aromatic heterocycles. The van der Waals surface area contributed by atoms with Gasteiger partial charge in [0, 0.05) is 5.25 Å². The molecule has 0 aliphatic heterocycles. The van der Waals surface area contributed by atoms with Gasteiger partial charge in [-0.05, 0) is 38.0 Å². The Morgan fingerprint density at radius 3 is 2.82 bits per heavy atom. The Morgan fingerprint density at radius 2 is 2.00 bits per heavy atom. The first-order valence-electron chi connectivity index (χ1n) is 4.76. The fourth-order valence-corrected chi connectivity index (χ4v) is 2.91. The van der Waals surface area contributed by atoms with Crippen LogP contribution in [0.4, 0.5) is 0 Å². The molecule has 0 bridgehead atoms. The van der Waals surface area contributed by atoms with Crippen LogP contribution >= 0.6 is 12.6 Å². The van der Waals surface area contributed by atoms with E-state index in [0.29, 0.717) is 5.25 Å². The van der Waals surface area contributed by atoms with E-state index in [-0.39, 0.29) is 0 Å². The number of thiol groups is 1. The third kappa shape index (κ3) is 1.48. The molecular formula is C10H16S. The minimum Gasteiger partial charge on any atom is -0.171 e.